The zero-order valence-corrected chi connectivity index (χ0v) is 10.8. The number of rotatable bonds is 5. The maximum atomic E-state index is 11.0. The number of anilines is 1. The Bertz CT molecular complexity index is 597. The number of furan rings is 1. The molecule has 0 aliphatic heterocycles. The van der Waals surface area contributed by atoms with Gasteiger partial charge in [-0.05, 0) is 35.9 Å². The topological polar surface area (TPSA) is 77.5 Å². The van der Waals surface area contributed by atoms with E-state index in [2.05, 4.69) is 5.32 Å². The largest absolute Gasteiger partial charge is 0.496 e. The average Bonchev–Trinajstić information content (AvgIpc) is 2.82. The summed E-state index contributed by atoms with van der Waals surface area (Å²) in [6, 6.07) is 7.90. The number of nitro benzene ring substituents is 1. The van der Waals surface area contributed by atoms with Gasteiger partial charge >= 0.3 is 0 Å². The van der Waals surface area contributed by atoms with Gasteiger partial charge in [0, 0.05) is 0 Å². The normalized spacial score (nSPS) is 10.2. The highest BCUT2D eigenvalue weighted by Crippen LogP contribution is 2.29. The van der Waals surface area contributed by atoms with Crippen LogP contribution in [0.1, 0.15) is 5.76 Å². The highest BCUT2D eigenvalue weighted by molar-refractivity contribution is 6.28. The minimum atomic E-state index is -0.472. The Labute approximate surface area is 114 Å². The molecule has 0 unspecified atom stereocenters. The summed E-state index contributed by atoms with van der Waals surface area (Å²) >= 11 is 5.64. The van der Waals surface area contributed by atoms with Gasteiger partial charge in [0.2, 0.25) is 0 Å². The third-order valence-electron chi connectivity index (χ3n) is 2.48. The van der Waals surface area contributed by atoms with Gasteiger partial charge < -0.3 is 14.5 Å². The number of methoxy groups -OCH3 is 1. The van der Waals surface area contributed by atoms with E-state index in [1.807, 2.05) is 0 Å². The molecule has 0 saturated heterocycles. The molecule has 0 spiro atoms. The van der Waals surface area contributed by atoms with E-state index in [0.29, 0.717) is 23.7 Å². The van der Waals surface area contributed by atoms with Crippen LogP contribution in [0, 0.1) is 10.1 Å². The lowest BCUT2D eigenvalue weighted by Crippen LogP contribution is -2.02. The molecule has 0 aliphatic carbocycles. The summed E-state index contributed by atoms with van der Waals surface area (Å²) in [6.07, 6.45) is 0. The smallest absolute Gasteiger partial charge is 0.296 e. The van der Waals surface area contributed by atoms with Crippen LogP contribution < -0.4 is 10.1 Å². The molecule has 1 aromatic heterocycles. The van der Waals surface area contributed by atoms with E-state index in [-0.39, 0.29) is 10.9 Å². The van der Waals surface area contributed by atoms with E-state index in [1.54, 1.807) is 24.3 Å². The third-order valence-corrected chi connectivity index (χ3v) is 2.69. The standard InChI is InChI=1S/C12H11ClN2O4/c1-18-8-2-4-10(11(6-8)15(16)17)14-7-9-3-5-12(13)19-9/h2-6,14H,7H2,1H3. The first-order chi connectivity index (χ1) is 9.10. The molecular formula is C12H11ClN2O4. The Morgan fingerprint density at radius 3 is 2.79 bits per heavy atom. The molecule has 0 aliphatic rings. The van der Waals surface area contributed by atoms with Crippen LogP contribution in [0.25, 0.3) is 0 Å². The minimum absolute atomic E-state index is 0.0583. The molecule has 0 fully saturated rings. The molecule has 1 aromatic carbocycles. The molecule has 2 rings (SSSR count). The molecule has 6 nitrogen and oxygen atoms in total. The zero-order chi connectivity index (χ0) is 13.8. The molecule has 2 aromatic rings. The van der Waals surface area contributed by atoms with E-state index in [9.17, 15) is 10.1 Å². The Balaban J connectivity index is 2.17. The first-order valence-electron chi connectivity index (χ1n) is 5.40. The first-order valence-corrected chi connectivity index (χ1v) is 5.78. The maximum absolute atomic E-state index is 11.0. The summed E-state index contributed by atoms with van der Waals surface area (Å²) in [5.74, 6) is 1.02. The van der Waals surface area contributed by atoms with E-state index in [0.717, 1.165) is 0 Å². The Morgan fingerprint density at radius 2 is 2.21 bits per heavy atom. The number of nitrogens with one attached hydrogen (secondary N) is 1. The second-order valence-electron chi connectivity index (χ2n) is 3.70. The van der Waals surface area contributed by atoms with Crippen molar-refractivity contribution in [2.45, 2.75) is 6.54 Å². The number of nitrogens with zero attached hydrogens (tertiary/aromatic N) is 1. The molecule has 0 radical (unpaired) electrons. The fourth-order valence-corrected chi connectivity index (χ4v) is 1.73. The van der Waals surface area contributed by atoms with Gasteiger partial charge in [0.05, 0.1) is 24.6 Å². The lowest BCUT2D eigenvalue weighted by Gasteiger charge is -2.07. The van der Waals surface area contributed by atoms with E-state index >= 15 is 0 Å². The van der Waals surface area contributed by atoms with E-state index < -0.39 is 4.92 Å². The van der Waals surface area contributed by atoms with Gasteiger partial charge in [-0.1, -0.05) is 0 Å². The molecule has 1 heterocycles. The van der Waals surface area contributed by atoms with Crippen molar-refractivity contribution in [2.24, 2.45) is 0 Å². The first kappa shape index (κ1) is 13.2. The van der Waals surface area contributed by atoms with Crippen LogP contribution in [0.4, 0.5) is 11.4 Å². The summed E-state index contributed by atoms with van der Waals surface area (Å²) in [5.41, 5.74) is 0.329. The number of halogens is 1. The van der Waals surface area contributed by atoms with Crippen LogP contribution >= 0.6 is 11.6 Å². The van der Waals surface area contributed by atoms with Gasteiger partial charge in [-0.2, -0.15) is 0 Å². The van der Waals surface area contributed by atoms with Crippen molar-refractivity contribution < 1.29 is 14.1 Å². The van der Waals surface area contributed by atoms with Crippen molar-refractivity contribution >= 4 is 23.0 Å². The summed E-state index contributed by atoms with van der Waals surface area (Å²) in [7, 11) is 1.46. The van der Waals surface area contributed by atoms with Crippen LogP contribution in [0.2, 0.25) is 5.22 Å². The maximum Gasteiger partial charge on any atom is 0.296 e. The lowest BCUT2D eigenvalue weighted by atomic mass is 10.2. The summed E-state index contributed by atoms with van der Waals surface area (Å²) < 4.78 is 10.1. The van der Waals surface area contributed by atoms with Crippen molar-refractivity contribution in [3.8, 4) is 5.75 Å². The summed E-state index contributed by atoms with van der Waals surface area (Å²) in [5, 5.41) is 14.2. The van der Waals surface area contributed by atoms with Crippen LogP contribution in [0.3, 0.4) is 0 Å². The van der Waals surface area contributed by atoms with Crippen molar-refractivity contribution in [2.75, 3.05) is 12.4 Å². The highest BCUT2D eigenvalue weighted by atomic mass is 35.5. The fraction of sp³-hybridized carbons (Fsp3) is 0.167. The number of hydrogen-bond donors (Lipinski definition) is 1. The SMILES string of the molecule is COc1ccc(NCc2ccc(Cl)o2)c([N+](=O)[O-])c1. The van der Waals surface area contributed by atoms with Crippen molar-refractivity contribution in [1.82, 2.24) is 0 Å². The summed E-state index contributed by atoms with van der Waals surface area (Å²) in [4.78, 5) is 10.5. The quantitative estimate of drug-likeness (QED) is 0.671. The molecule has 0 atom stereocenters. The monoisotopic (exact) mass is 282 g/mol. The molecule has 100 valence electrons. The molecule has 1 N–H and O–H groups in total. The molecule has 7 heteroatoms. The predicted molar refractivity (Wildman–Crippen MR) is 70.7 cm³/mol. The van der Waals surface area contributed by atoms with Crippen molar-refractivity contribution in [1.29, 1.82) is 0 Å². The van der Waals surface area contributed by atoms with Gasteiger partial charge in [-0.15, -0.1) is 0 Å². The van der Waals surface area contributed by atoms with Gasteiger partial charge in [0.1, 0.15) is 17.2 Å². The van der Waals surface area contributed by atoms with Crippen LogP contribution in [0.15, 0.2) is 34.7 Å². The number of benzene rings is 1. The third kappa shape index (κ3) is 3.17. The minimum Gasteiger partial charge on any atom is -0.496 e. The molecular weight excluding hydrogens is 272 g/mol. The van der Waals surface area contributed by atoms with E-state index in [4.69, 9.17) is 20.8 Å². The van der Waals surface area contributed by atoms with Crippen LogP contribution in [-0.2, 0) is 6.54 Å². The molecule has 0 saturated carbocycles. The van der Waals surface area contributed by atoms with Gasteiger partial charge in [0.15, 0.2) is 5.22 Å². The highest BCUT2D eigenvalue weighted by Gasteiger charge is 2.15. The predicted octanol–water partition coefficient (Wildman–Crippen LogP) is 3.46. The zero-order valence-electron chi connectivity index (χ0n) is 10.1. The molecule has 19 heavy (non-hydrogen) atoms. The van der Waals surface area contributed by atoms with Crippen molar-refractivity contribution in [3.05, 3.63) is 51.4 Å². The molecule has 0 amide bonds. The number of hydrogen-bond acceptors (Lipinski definition) is 5. The average molecular weight is 283 g/mol. The Kier molecular flexibility index (Phi) is 3.91. The van der Waals surface area contributed by atoms with E-state index in [1.165, 1.54) is 13.2 Å². The van der Waals surface area contributed by atoms with Gasteiger partial charge in [0.25, 0.3) is 5.69 Å². The summed E-state index contributed by atoms with van der Waals surface area (Å²) in [6.45, 7) is 0.305. The second-order valence-corrected chi connectivity index (χ2v) is 4.07. The van der Waals surface area contributed by atoms with Gasteiger partial charge in [-0.25, -0.2) is 0 Å². The number of ether oxygens (including phenoxy) is 1. The van der Waals surface area contributed by atoms with Crippen molar-refractivity contribution in [3.63, 3.8) is 0 Å². The lowest BCUT2D eigenvalue weighted by molar-refractivity contribution is -0.384. The van der Waals surface area contributed by atoms with Gasteiger partial charge in [-0.3, -0.25) is 10.1 Å². The van der Waals surface area contributed by atoms with Crippen LogP contribution in [0.5, 0.6) is 5.75 Å². The second kappa shape index (κ2) is 5.62. The fourth-order valence-electron chi connectivity index (χ4n) is 1.57. The number of nitro groups is 1. The Morgan fingerprint density at radius 1 is 1.42 bits per heavy atom. The van der Waals surface area contributed by atoms with Crippen LogP contribution in [-0.4, -0.2) is 12.0 Å². The Hall–Kier alpha value is -2.21. The molecule has 0 bridgehead atoms.